The summed E-state index contributed by atoms with van der Waals surface area (Å²) in [6.45, 7) is 6.17. The van der Waals surface area contributed by atoms with Gasteiger partial charge in [-0.25, -0.2) is 0 Å². The van der Waals surface area contributed by atoms with Crippen LogP contribution in [-0.4, -0.2) is 54.8 Å². The molecule has 23 heavy (non-hydrogen) atoms. The molecule has 1 aromatic rings. The highest BCUT2D eigenvalue weighted by Gasteiger charge is 2.39. The Morgan fingerprint density at radius 1 is 1.22 bits per heavy atom. The maximum Gasteiger partial charge on any atom is 0.239 e. The Labute approximate surface area is 136 Å². The van der Waals surface area contributed by atoms with Crippen LogP contribution in [0, 0.1) is 16.7 Å². The topological polar surface area (TPSA) is 76.4 Å². The van der Waals surface area contributed by atoms with Gasteiger partial charge in [-0.3, -0.25) is 9.59 Å². The smallest absolute Gasteiger partial charge is 0.239 e. The Morgan fingerprint density at radius 2 is 1.87 bits per heavy atom. The maximum atomic E-state index is 12.7. The number of amides is 2. The van der Waals surface area contributed by atoms with Crippen LogP contribution in [0.15, 0.2) is 24.3 Å². The zero-order valence-corrected chi connectivity index (χ0v) is 13.8. The van der Waals surface area contributed by atoms with Gasteiger partial charge in [0.1, 0.15) is 5.41 Å². The number of hydrogen-bond donors (Lipinski definition) is 1. The van der Waals surface area contributed by atoms with Crippen molar-refractivity contribution in [1.82, 2.24) is 9.80 Å². The molecule has 0 saturated carbocycles. The minimum absolute atomic E-state index is 0.167. The molecule has 0 bridgehead atoms. The van der Waals surface area contributed by atoms with Gasteiger partial charge in [-0.05, 0) is 39.1 Å². The summed E-state index contributed by atoms with van der Waals surface area (Å²) < 4.78 is 0. The molecule has 0 aromatic heterocycles. The second-order valence-corrected chi connectivity index (χ2v) is 6.37. The predicted molar refractivity (Wildman–Crippen MR) is 87.6 cm³/mol. The first-order chi connectivity index (χ1) is 10.8. The van der Waals surface area contributed by atoms with E-state index in [2.05, 4.69) is 10.2 Å². The van der Waals surface area contributed by atoms with Crippen LogP contribution in [0.4, 0.5) is 5.69 Å². The van der Waals surface area contributed by atoms with Crippen molar-refractivity contribution in [3.8, 4) is 6.07 Å². The lowest BCUT2D eigenvalue weighted by Crippen LogP contribution is -2.53. The van der Waals surface area contributed by atoms with Gasteiger partial charge >= 0.3 is 0 Å². The van der Waals surface area contributed by atoms with Crippen molar-refractivity contribution in [2.45, 2.75) is 13.8 Å². The van der Waals surface area contributed by atoms with Crippen molar-refractivity contribution < 1.29 is 9.59 Å². The van der Waals surface area contributed by atoms with Gasteiger partial charge in [0.25, 0.3) is 0 Å². The molecule has 0 aliphatic carbocycles. The molecule has 6 nitrogen and oxygen atoms in total. The lowest BCUT2D eigenvalue weighted by atomic mass is 9.89. The molecule has 0 radical (unpaired) electrons. The third-order valence-corrected chi connectivity index (χ3v) is 4.14. The van der Waals surface area contributed by atoms with Crippen LogP contribution in [0.1, 0.15) is 19.4 Å². The zero-order chi connectivity index (χ0) is 17.0. The molecular weight excluding hydrogens is 292 g/mol. The Kier molecular flexibility index (Phi) is 5.02. The fourth-order valence-corrected chi connectivity index (χ4v) is 2.46. The first-order valence-electron chi connectivity index (χ1n) is 7.64. The second kappa shape index (κ2) is 6.80. The highest BCUT2D eigenvalue weighted by molar-refractivity contribution is 6.09. The van der Waals surface area contributed by atoms with Crippen molar-refractivity contribution in [3.05, 3.63) is 29.8 Å². The fourth-order valence-electron chi connectivity index (χ4n) is 2.46. The van der Waals surface area contributed by atoms with Gasteiger partial charge in [0.15, 0.2) is 0 Å². The van der Waals surface area contributed by atoms with Crippen LogP contribution in [0.2, 0.25) is 0 Å². The number of nitrogens with one attached hydrogen (secondary N) is 1. The molecule has 1 aromatic carbocycles. The first kappa shape index (κ1) is 17.0. The molecule has 2 rings (SSSR count). The largest absolute Gasteiger partial charge is 0.339 e. The summed E-state index contributed by atoms with van der Waals surface area (Å²) in [7, 11) is 2.02. The van der Waals surface area contributed by atoms with Crippen molar-refractivity contribution in [2.24, 2.45) is 5.41 Å². The summed E-state index contributed by atoms with van der Waals surface area (Å²) in [5, 5.41) is 11.6. The van der Waals surface area contributed by atoms with Crippen LogP contribution in [0.25, 0.3) is 0 Å². The lowest BCUT2D eigenvalue weighted by Gasteiger charge is -2.36. The highest BCUT2D eigenvalue weighted by Crippen LogP contribution is 2.23. The molecule has 1 aliphatic rings. The van der Waals surface area contributed by atoms with E-state index in [0.29, 0.717) is 24.3 Å². The number of nitrogens with zero attached hydrogens (tertiary/aromatic N) is 3. The number of anilines is 1. The number of rotatable bonds is 3. The van der Waals surface area contributed by atoms with E-state index in [4.69, 9.17) is 5.26 Å². The summed E-state index contributed by atoms with van der Waals surface area (Å²) in [4.78, 5) is 29.1. The molecule has 1 saturated heterocycles. The Bertz CT molecular complexity index is 640. The number of benzene rings is 1. The number of carbonyl (C=O) groups excluding carboxylic acids is 2. The van der Waals surface area contributed by atoms with E-state index < -0.39 is 5.41 Å². The Balaban J connectivity index is 2.07. The van der Waals surface area contributed by atoms with Crippen LogP contribution in [0.5, 0.6) is 0 Å². The molecule has 1 fully saturated rings. The van der Waals surface area contributed by atoms with E-state index in [1.165, 1.54) is 0 Å². The molecule has 122 valence electrons. The lowest BCUT2D eigenvalue weighted by molar-refractivity contribution is -0.147. The number of piperazine rings is 1. The monoisotopic (exact) mass is 314 g/mol. The average molecular weight is 314 g/mol. The molecule has 6 heteroatoms. The van der Waals surface area contributed by atoms with Gasteiger partial charge in [0.05, 0.1) is 11.6 Å². The van der Waals surface area contributed by atoms with Crippen molar-refractivity contribution in [3.63, 3.8) is 0 Å². The fraction of sp³-hybridized carbons (Fsp3) is 0.471. The molecule has 1 N–H and O–H groups in total. The number of carbonyl (C=O) groups is 2. The molecular formula is C17H22N4O2. The number of nitriles is 1. The van der Waals surface area contributed by atoms with Crippen molar-refractivity contribution in [2.75, 3.05) is 38.5 Å². The zero-order valence-electron chi connectivity index (χ0n) is 13.8. The molecule has 0 atom stereocenters. The summed E-state index contributed by atoms with van der Waals surface area (Å²) >= 11 is 0. The standard InChI is InChI=1S/C17H22N4O2/c1-17(2,16(23)21-9-7-20(3)8-10-21)15(22)19-14-6-4-5-13(11-14)12-18/h4-6,11H,7-10H2,1-3H3,(H,19,22). The SMILES string of the molecule is CN1CCN(C(=O)C(C)(C)C(=O)Nc2cccc(C#N)c2)CC1. The van der Waals surface area contributed by atoms with Crippen LogP contribution in [-0.2, 0) is 9.59 Å². The second-order valence-electron chi connectivity index (χ2n) is 6.37. The third kappa shape index (κ3) is 3.88. The van der Waals surface area contributed by atoms with Crippen LogP contribution in [0.3, 0.4) is 0 Å². The van der Waals surface area contributed by atoms with Crippen LogP contribution < -0.4 is 5.32 Å². The van der Waals surface area contributed by atoms with Gasteiger partial charge in [-0.1, -0.05) is 6.07 Å². The van der Waals surface area contributed by atoms with Crippen molar-refractivity contribution in [1.29, 1.82) is 5.26 Å². The molecule has 1 heterocycles. The molecule has 2 amide bonds. The summed E-state index contributed by atoms with van der Waals surface area (Å²) in [5.74, 6) is -0.531. The summed E-state index contributed by atoms with van der Waals surface area (Å²) in [5.41, 5.74) is -0.169. The minimum atomic E-state index is -1.15. The van der Waals surface area contributed by atoms with Crippen molar-refractivity contribution >= 4 is 17.5 Å². The van der Waals surface area contributed by atoms with Crippen LogP contribution >= 0.6 is 0 Å². The normalized spacial score (nSPS) is 15.8. The molecule has 0 unspecified atom stereocenters. The van der Waals surface area contributed by atoms with Gasteiger partial charge in [0, 0.05) is 31.9 Å². The first-order valence-corrected chi connectivity index (χ1v) is 7.64. The van der Waals surface area contributed by atoms with E-state index in [0.717, 1.165) is 13.1 Å². The Hall–Kier alpha value is -2.39. The minimum Gasteiger partial charge on any atom is -0.339 e. The Morgan fingerprint density at radius 3 is 2.48 bits per heavy atom. The van der Waals surface area contributed by atoms with Gasteiger partial charge in [-0.2, -0.15) is 5.26 Å². The van der Waals surface area contributed by atoms with Gasteiger partial charge < -0.3 is 15.1 Å². The molecule has 1 aliphatic heterocycles. The van der Waals surface area contributed by atoms with E-state index >= 15 is 0 Å². The highest BCUT2D eigenvalue weighted by atomic mass is 16.2. The molecule has 0 spiro atoms. The van der Waals surface area contributed by atoms with E-state index in [-0.39, 0.29) is 11.8 Å². The van der Waals surface area contributed by atoms with Gasteiger partial charge in [-0.15, -0.1) is 0 Å². The predicted octanol–water partition coefficient (Wildman–Crippen LogP) is 1.30. The van der Waals surface area contributed by atoms with E-state index in [1.807, 2.05) is 13.1 Å². The van der Waals surface area contributed by atoms with E-state index in [9.17, 15) is 9.59 Å². The summed E-state index contributed by atoms with van der Waals surface area (Å²) in [6, 6.07) is 8.68. The third-order valence-electron chi connectivity index (χ3n) is 4.14. The van der Waals surface area contributed by atoms with E-state index in [1.54, 1.807) is 43.0 Å². The van der Waals surface area contributed by atoms with Gasteiger partial charge in [0.2, 0.25) is 11.8 Å². The summed E-state index contributed by atoms with van der Waals surface area (Å²) in [6.07, 6.45) is 0. The maximum absolute atomic E-state index is 12.7. The number of likely N-dealkylation sites (N-methyl/N-ethyl adjacent to an activating group) is 1. The average Bonchev–Trinajstić information content (AvgIpc) is 2.55. The quantitative estimate of drug-likeness (QED) is 0.853. The number of hydrogen-bond acceptors (Lipinski definition) is 4.